The Morgan fingerprint density at radius 3 is 0.674 bits per heavy atom. The van der Waals surface area contributed by atoms with Gasteiger partial charge < -0.3 is 91.2 Å². The lowest BCUT2D eigenvalue weighted by atomic mass is 10.2. The Bertz CT molecular complexity index is 4190. The first-order valence-electron chi connectivity index (χ1n) is 47.8. The minimum atomic E-state index is -0.377. The van der Waals surface area contributed by atoms with Crippen LogP contribution in [0.4, 0.5) is 34.1 Å². The first kappa shape index (κ1) is 120. The molecule has 0 aliphatic rings. The average Bonchev–Trinajstić information content (AvgIpc) is 0.902. The second kappa shape index (κ2) is 69.4. The molecule has 12 N–H and O–H groups in total. The molecule has 0 aliphatic carbocycles. The highest BCUT2D eigenvalue weighted by molar-refractivity contribution is 5.95. The first-order valence-corrected chi connectivity index (χ1v) is 47.8. The van der Waals surface area contributed by atoms with Gasteiger partial charge in [-0.3, -0.25) is 29.4 Å². The van der Waals surface area contributed by atoms with Crippen LogP contribution < -0.4 is 62.8 Å². The highest BCUT2D eigenvalue weighted by Gasteiger charge is 2.25. The van der Waals surface area contributed by atoms with Gasteiger partial charge in [0, 0.05) is 71.5 Å². The Labute approximate surface area is 791 Å². The van der Waals surface area contributed by atoms with Crippen molar-refractivity contribution in [2.24, 2.45) is 0 Å². The van der Waals surface area contributed by atoms with Crippen LogP contribution in [-0.4, -0.2) is 259 Å². The van der Waals surface area contributed by atoms with Crippen molar-refractivity contribution in [1.82, 2.24) is 29.4 Å². The van der Waals surface area contributed by atoms with E-state index in [1.54, 1.807) is 109 Å². The summed E-state index contributed by atoms with van der Waals surface area (Å²) in [5.41, 5.74) is 40.7. The standard InChI is InChI=1S/2C18H30N2O3.2C17H28N2O3.2C16H26N2O3/c1-5-8-11-22-17-12-15(19)9-10-16(17)18(21)23-13-14(4)20(6-2)7-3;1-5-8-11-22-17-12-15(9-10-16(17)19)18(21)23-13-14(4)20(6-2)7-3;1-5-10-21-16-11-14(18)8-9-15(16)17(20)22-12-13(4)19(6-2)7-3;1-5-10-21-16-11-14(8-9-15(16)18)17(20)22-12-13(4)19(6-2)7-3;1-5-18(6-2)12(4)11-21-16(19)14-9-8-13(17)10-15(14)20-7-3;1-5-18(6-2)12(4)11-21-16(19)13-8-9-14(17)15(10-13)20-7-3/h2*9-10,12,14H,5-8,11,13,19H2,1-4H3;2*8-9,11,13H,5-7,10,12,18H2,1-4H3;2*8-10,12H,5-7,11,17H2,1-4H3/t2*14-;2*13-;2*12-/m000000/s1. The van der Waals surface area contributed by atoms with Crippen LogP contribution in [0, 0.1) is 0 Å². The van der Waals surface area contributed by atoms with Gasteiger partial charge >= 0.3 is 35.8 Å². The molecule has 0 amide bonds. The summed E-state index contributed by atoms with van der Waals surface area (Å²) in [4.78, 5) is 86.7. The Kier molecular flexibility index (Phi) is 62.8. The number of carbonyl (C=O) groups is 6. The van der Waals surface area contributed by atoms with Crippen LogP contribution in [-0.2, 0) is 28.4 Å². The summed E-state index contributed by atoms with van der Waals surface area (Å²) >= 11 is 0. The second-order valence-electron chi connectivity index (χ2n) is 31.5. The van der Waals surface area contributed by atoms with Crippen LogP contribution in [0.2, 0.25) is 0 Å². The topological polar surface area (TPSA) is 389 Å². The van der Waals surface area contributed by atoms with Gasteiger partial charge in [-0.25, -0.2) is 28.8 Å². The van der Waals surface area contributed by atoms with Gasteiger partial charge in [-0.05, 0) is 251 Å². The number of hydrogen-bond acceptors (Lipinski definition) is 30. The number of likely N-dealkylation sites (N-methyl/N-ethyl adjacent to an activating group) is 6. The lowest BCUT2D eigenvalue weighted by Crippen LogP contribution is -2.36. The van der Waals surface area contributed by atoms with Crippen LogP contribution in [0.3, 0.4) is 0 Å². The number of nitrogens with two attached hydrogens (primary N) is 6. The second-order valence-corrected chi connectivity index (χ2v) is 31.5. The Morgan fingerprint density at radius 2 is 0.447 bits per heavy atom. The van der Waals surface area contributed by atoms with Gasteiger partial charge in [0.2, 0.25) is 0 Å². The molecule has 30 heteroatoms. The van der Waals surface area contributed by atoms with Gasteiger partial charge in [-0.2, -0.15) is 0 Å². The van der Waals surface area contributed by atoms with Crippen LogP contribution >= 0.6 is 0 Å². The van der Waals surface area contributed by atoms with Crippen molar-refractivity contribution < 1.29 is 85.6 Å². The third-order valence-electron chi connectivity index (χ3n) is 21.8. The molecule has 0 unspecified atom stereocenters. The summed E-state index contributed by atoms with van der Waals surface area (Å²) < 4.78 is 65.7. The Balaban J connectivity index is 0.000000792. The van der Waals surface area contributed by atoms with Gasteiger partial charge in [0.1, 0.15) is 90.8 Å². The largest absolute Gasteiger partial charge is 0.493 e. The summed E-state index contributed by atoms with van der Waals surface area (Å²) in [6.45, 7) is 66.1. The van der Waals surface area contributed by atoms with Gasteiger partial charge in [0.25, 0.3) is 0 Å². The minimum Gasteiger partial charge on any atom is -0.493 e. The van der Waals surface area contributed by atoms with E-state index in [9.17, 15) is 28.8 Å². The number of anilines is 6. The summed E-state index contributed by atoms with van der Waals surface area (Å²) in [5, 5.41) is 0. The summed E-state index contributed by atoms with van der Waals surface area (Å²) in [6, 6.07) is 31.1. The molecule has 0 radical (unpaired) electrons. The number of rotatable bonds is 54. The predicted octanol–water partition coefficient (Wildman–Crippen LogP) is 17.7. The number of nitrogens with zero attached hydrogens (tertiary/aromatic N) is 6. The van der Waals surface area contributed by atoms with Crippen LogP contribution in [0.25, 0.3) is 0 Å². The molecule has 6 aromatic carbocycles. The van der Waals surface area contributed by atoms with E-state index in [1.807, 2.05) is 34.6 Å². The number of benzene rings is 6. The fourth-order valence-electron chi connectivity index (χ4n) is 13.6. The predicted molar refractivity (Wildman–Crippen MR) is 536 cm³/mol. The van der Waals surface area contributed by atoms with Crippen molar-refractivity contribution in [1.29, 1.82) is 0 Å². The van der Waals surface area contributed by atoms with E-state index in [-0.39, 0.29) is 72.1 Å². The van der Waals surface area contributed by atoms with E-state index in [0.717, 1.165) is 117 Å². The first-order chi connectivity index (χ1) is 63.2. The molecule has 132 heavy (non-hydrogen) atoms. The summed E-state index contributed by atoms with van der Waals surface area (Å²) in [6.07, 6.45) is 5.71. The zero-order valence-corrected chi connectivity index (χ0v) is 84.6. The van der Waals surface area contributed by atoms with Crippen molar-refractivity contribution in [3.63, 3.8) is 0 Å². The number of nitrogen functional groups attached to an aromatic ring is 6. The highest BCUT2D eigenvalue weighted by atomic mass is 16.6. The molecule has 0 bridgehead atoms. The van der Waals surface area contributed by atoms with E-state index < -0.39 is 0 Å². The number of esters is 6. The molecule has 6 rings (SSSR count). The number of unbranched alkanes of at least 4 members (excludes halogenated alkanes) is 2. The number of carbonyl (C=O) groups excluding carboxylic acids is 6. The maximum absolute atomic E-state index is 12.4. The fourth-order valence-corrected chi connectivity index (χ4v) is 13.6. The van der Waals surface area contributed by atoms with Gasteiger partial charge in [-0.15, -0.1) is 0 Å². The lowest BCUT2D eigenvalue weighted by Gasteiger charge is -2.25. The molecule has 744 valence electrons. The molecule has 0 saturated carbocycles. The summed E-state index contributed by atoms with van der Waals surface area (Å²) in [7, 11) is 0. The monoisotopic (exact) mass is 1850 g/mol. The van der Waals surface area contributed by atoms with Crippen molar-refractivity contribution in [2.75, 3.05) is 192 Å². The van der Waals surface area contributed by atoms with Crippen molar-refractivity contribution in [3.8, 4) is 34.5 Å². The Hall–Kier alpha value is -10.5. The van der Waals surface area contributed by atoms with Gasteiger partial charge in [0.05, 0.1) is 73.4 Å². The molecule has 0 saturated heterocycles. The molecular formula is C102H168N12O18. The quantitative estimate of drug-likeness (QED) is 0.00894. The molecule has 0 aliphatic heterocycles. The normalized spacial score (nSPS) is 12.2. The lowest BCUT2D eigenvalue weighted by molar-refractivity contribution is 0.0370. The number of ether oxygens (including phenoxy) is 12. The molecule has 0 fully saturated rings. The van der Waals surface area contributed by atoms with Crippen molar-refractivity contribution in [2.45, 2.75) is 241 Å². The van der Waals surface area contributed by atoms with E-state index in [0.29, 0.717) is 181 Å². The van der Waals surface area contributed by atoms with Gasteiger partial charge in [0.15, 0.2) is 0 Å². The highest BCUT2D eigenvalue weighted by Crippen LogP contribution is 2.30. The minimum absolute atomic E-state index is 0.187. The molecule has 30 nitrogen and oxygen atoms in total. The maximum atomic E-state index is 12.4. The molecule has 0 heterocycles. The van der Waals surface area contributed by atoms with E-state index >= 15 is 0 Å². The van der Waals surface area contributed by atoms with E-state index in [1.165, 1.54) is 0 Å². The van der Waals surface area contributed by atoms with E-state index in [2.05, 4.69) is 161 Å². The zero-order chi connectivity index (χ0) is 99.2. The van der Waals surface area contributed by atoms with Crippen LogP contribution in [0.5, 0.6) is 34.5 Å². The fraction of sp³-hybridized carbons (Fsp3) is 0.588. The van der Waals surface area contributed by atoms with Crippen molar-refractivity contribution >= 4 is 69.9 Å². The molecular weight excluding hydrogens is 1680 g/mol. The maximum Gasteiger partial charge on any atom is 0.341 e. The van der Waals surface area contributed by atoms with Crippen LogP contribution in [0.15, 0.2) is 109 Å². The SMILES string of the molecule is CCCCOc1cc(C(=O)OC[C@H](C)N(CC)CC)ccc1N.CCCCOc1cc(N)ccc1C(=O)OC[C@H](C)N(CC)CC.CCCOc1cc(C(=O)OC[C@H](C)N(CC)CC)ccc1N.CCCOc1cc(N)ccc1C(=O)OC[C@H](C)N(CC)CC.CCOc1cc(C(=O)OC[C@H](C)N(CC)CC)ccc1N.CCOc1cc(N)ccc1C(=O)OC[C@H](C)N(CC)CC. The molecule has 0 spiro atoms. The molecule has 0 aromatic heterocycles. The Morgan fingerprint density at radius 1 is 0.242 bits per heavy atom. The van der Waals surface area contributed by atoms with E-state index in [4.69, 9.17) is 91.2 Å². The van der Waals surface area contributed by atoms with Crippen LogP contribution in [0.1, 0.15) is 267 Å². The zero-order valence-electron chi connectivity index (χ0n) is 84.6. The van der Waals surface area contributed by atoms with Gasteiger partial charge in [-0.1, -0.05) is 124 Å². The third kappa shape index (κ3) is 44.8. The summed E-state index contributed by atoms with van der Waals surface area (Å²) in [5.74, 6) is 0.901. The third-order valence-corrected chi connectivity index (χ3v) is 21.8. The number of hydrogen-bond donors (Lipinski definition) is 6. The average molecular weight is 1850 g/mol. The molecule has 6 aromatic rings. The molecule has 6 atom stereocenters. The van der Waals surface area contributed by atoms with Crippen molar-refractivity contribution in [3.05, 3.63) is 143 Å². The smallest absolute Gasteiger partial charge is 0.341 e.